The van der Waals surface area contributed by atoms with Gasteiger partial charge in [0.2, 0.25) is 0 Å². The molecule has 0 atom stereocenters. The van der Waals surface area contributed by atoms with Gasteiger partial charge in [-0.1, -0.05) is 13.8 Å². The fraction of sp³-hybridized carbons (Fsp3) is 0.250. The monoisotopic (exact) mass is 464 g/mol. The summed E-state index contributed by atoms with van der Waals surface area (Å²) in [6.07, 6.45) is 0. The normalized spacial score (nSPS) is 10.3. The van der Waals surface area contributed by atoms with Crippen LogP contribution in [0.3, 0.4) is 0 Å². The fourth-order valence-corrected chi connectivity index (χ4v) is 2.86. The Labute approximate surface area is 177 Å². The lowest BCUT2D eigenvalue weighted by atomic mass is 10.2. The number of thiocarbonyl (C=S) groups is 1. The Morgan fingerprint density at radius 1 is 1.11 bits per heavy atom. The molecule has 2 aromatic rings. The molecular formula is C20H21BrN2O4S. The number of rotatable bonds is 6. The zero-order valence-corrected chi connectivity index (χ0v) is 18.1. The van der Waals surface area contributed by atoms with Gasteiger partial charge in [0.25, 0.3) is 5.91 Å². The number of carbonyl (C=O) groups is 2. The lowest BCUT2D eigenvalue weighted by Gasteiger charge is -2.12. The zero-order chi connectivity index (χ0) is 20.7. The topological polar surface area (TPSA) is 76.7 Å². The SMILES string of the molecule is COC(=O)c1ccc(NC(=S)NC(=O)c2ccc(OCC(C)C)c(Br)c2)cc1. The number of hydrogen-bond donors (Lipinski definition) is 2. The minimum atomic E-state index is -0.422. The van der Waals surface area contributed by atoms with Crippen LogP contribution in [0.5, 0.6) is 5.75 Å². The number of methoxy groups -OCH3 is 1. The molecule has 0 spiro atoms. The number of carbonyl (C=O) groups excluding carboxylic acids is 2. The van der Waals surface area contributed by atoms with Crippen molar-refractivity contribution in [3.8, 4) is 5.75 Å². The van der Waals surface area contributed by atoms with Gasteiger partial charge in [0, 0.05) is 11.3 Å². The number of anilines is 1. The highest BCUT2D eigenvalue weighted by molar-refractivity contribution is 9.10. The molecule has 2 rings (SSSR count). The first-order valence-corrected chi connectivity index (χ1v) is 9.73. The van der Waals surface area contributed by atoms with Crippen LogP contribution in [0.1, 0.15) is 34.6 Å². The molecule has 148 valence electrons. The minimum Gasteiger partial charge on any atom is -0.492 e. The van der Waals surface area contributed by atoms with Gasteiger partial charge in [0.05, 0.1) is 23.8 Å². The summed E-state index contributed by atoms with van der Waals surface area (Å²) >= 11 is 8.60. The standard InChI is InChI=1S/C20H21BrN2O4S/c1-12(2)11-27-17-9-6-14(10-16(17)21)18(24)23-20(28)22-15-7-4-13(5-8-15)19(25)26-3/h4-10,12H,11H2,1-3H3,(H2,22,23,24,28). The summed E-state index contributed by atoms with van der Waals surface area (Å²) < 4.78 is 11.0. The van der Waals surface area contributed by atoms with Gasteiger partial charge < -0.3 is 14.8 Å². The van der Waals surface area contributed by atoms with E-state index in [1.165, 1.54) is 7.11 Å². The van der Waals surface area contributed by atoms with Crippen LogP contribution in [-0.4, -0.2) is 30.7 Å². The van der Waals surface area contributed by atoms with Crippen LogP contribution >= 0.6 is 28.1 Å². The van der Waals surface area contributed by atoms with Crippen molar-refractivity contribution in [2.24, 2.45) is 5.92 Å². The molecule has 0 radical (unpaired) electrons. The van der Waals surface area contributed by atoms with Gasteiger partial charge in [0.1, 0.15) is 5.75 Å². The van der Waals surface area contributed by atoms with Gasteiger partial charge >= 0.3 is 5.97 Å². The molecule has 0 fully saturated rings. The second kappa shape index (κ2) is 10.2. The third-order valence-corrected chi connectivity index (χ3v) is 4.38. The number of amides is 1. The van der Waals surface area contributed by atoms with Gasteiger partial charge in [-0.2, -0.15) is 0 Å². The molecule has 28 heavy (non-hydrogen) atoms. The molecule has 6 nitrogen and oxygen atoms in total. The molecule has 0 aliphatic heterocycles. The Bertz CT molecular complexity index is 869. The highest BCUT2D eigenvalue weighted by Crippen LogP contribution is 2.26. The summed E-state index contributed by atoms with van der Waals surface area (Å²) in [5.74, 6) is 0.310. The van der Waals surface area contributed by atoms with E-state index in [0.29, 0.717) is 39.6 Å². The second-order valence-corrected chi connectivity index (χ2v) is 7.59. The zero-order valence-electron chi connectivity index (χ0n) is 15.7. The quantitative estimate of drug-likeness (QED) is 0.487. The molecule has 0 heterocycles. The largest absolute Gasteiger partial charge is 0.492 e. The Balaban J connectivity index is 1.95. The minimum absolute atomic E-state index is 0.145. The van der Waals surface area contributed by atoms with E-state index in [1.807, 2.05) is 0 Å². The molecule has 0 aliphatic rings. The number of halogens is 1. The molecule has 2 aromatic carbocycles. The average Bonchev–Trinajstić information content (AvgIpc) is 2.66. The third kappa shape index (κ3) is 6.31. The number of ether oxygens (including phenoxy) is 2. The summed E-state index contributed by atoms with van der Waals surface area (Å²) in [6.45, 7) is 4.71. The lowest BCUT2D eigenvalue weighted by molar-refractivity contribution is 0.0600. The Morgan fingerprint density at radius 3 is 2.32 bits per heavy atom. The first-order chi connectivity index (χ1) is 13.3. The van der Waals surface area contributed by atoms with E-state index < -0.39 is 5.97 Å². The van der Waals surface area contributed by atoms with Crippen LogP contribution in [0.2, 0.25) is 0 Å². The van der Waals surface area contributed by atoms with Crippen LogP contribution in [0, 0.1) is 5.92 Å². The maximum atomic E-state index is 12.4. The van der Waals surface area contributed by atoms with Gasteiger partial charge in [-0.15, -0.1) is 0 Å². The highest BCUT2D eigenvalue weighted by atomic mass is 79.9. The van der Waals surface area contributed by atoms with Crippen molar-refractivity contribution in [3.05, 3.63) is 58.1 Å². The van der Waals surface area contributed by atoms with E-state index in [4.69, 9.17) is 17.0 Å². The number of hydrogen-bond acceptors (Lipinski definition) is 5. The van der Waals surface area contributed by atoms with Crippen molar-refractivity contribution in [1.29, 1.82) is 0 Å². The third-order valence-electron chi connectivity index (χ3n) is 3.56. The van der Waals surface area contributed by atoms with Crippen LogP contribution in [0.4, 0.5) is 5.69 Å². The van der Waals surface area contributed by atoms with Crippen molar-refractivity contribution in [2.45, 2.75) is 13.8 Å². The van der Waals surface area contributed by atoms with E-state index in [-0.39, 0.29) is 11.0 Å². The van der Waals surface area contributed by atoms with Gasteiger partial charge in [-0.05, 0) is 76.5 Å². The van der Waals surface area contributed by atoms with Gasteiger partial charge in [-0.3, -0.25) is 10.1 Å². The molecule has 0 aliphatic carbocycles. The molecule has 0 unspecified atom stereocenters. The smallest absolute Gasteiger partial charge is 0.337 e. The first-order valence-electron chi connectivity index (χ1n) is 8.53. The summed E-state index contributed by atoms with van der Waals surface area (Å²) in [7, 11) is 1.32. The van der Waals surface area contributed by atoms with E-state index in [2.05, 4.69) is 45.1 Å². The highest BCUT2D eigenvalue weighted by Gasteiger charge is 2.12. The van der Waals surface area contributed by atoms with Gasteiger partial charge in [-0.25, -0.2) is 4.79 Å². The van der Waals surface area contributed by atoms with E-state index >= 15 is 0 Å². The van der Waals surface area contributed by atoms with Crippen molar-refractivity contribution >= 4 is 50.8 Å². The van der Waals surface area contributed by atoms with Crippen molar-refractivity contribution in [3.63, 3.8) is 0 Å². The van der Waals surface area contributed by atoms with Crippen molar-refractivity contribution < 1.29 is 19.1 Å². The van der Waals surface area contributed by atoms with Crippen LogP contribution in [-0.2, 0) is 4.74 Å². The Morgan fingerprint density at radius 2 is 1.75 bits per heavy atom. The molecular weight excluding hydrogens is 444 g/mol. The maximum absolute atomic E-state index is 12.4. The number of benzene rings is 2. The predicted molar refractivity (Wildman–Crippen MR) is 116 cm³/mol. The van der Waals surface area contributed by atoms with Gasteiger partial charge in [0.15, 0.2) is 5.11 Å². The Hall–Kier alpha value is -2.45. The molecule has 0 aromatic heterocycles. The fourth-order valence-electron chi connectivity index (χ4n) is 2.16. The summed E-state index contributed by atoms with van der Waals surface area (Å²) in [6, 6.07) is 11.6. The van der Waals surface area contributed by atoms with Crippen LogP contribution < -0.4 is 15.4 Å². The predicted octanol–water partition coefficient (Wildman–Crippen LogP) is 4.40. The number of nitrogens with one attached hydrogen (secondary N) is 2. The number of esters is 1. The first kappa shape index (κ1) is 21.8. The summed E-state index contributed by atoms with van der Waals surface area (Å²) in [5, 5.41) is 5.66. The Kier molecular flexibility index (Phi) is 7.95. The maximum Gasteiger partial charge on any atom is 0.337 e. The molecule has 0 saturated heterocycles. The van der Waals surface area contributed by atoms with E-state index in [0.717, 1.165) is 0 Å². The van der Waals surface area contributed by atoms with E-state index in [9.17, 15) is 9.59 Å². The molecule has 8 heteroatoms. The van der Waals surface area contributed by atoms with Crippen LogP contribution in [0.25, 0.3) is 0 Å². The summed E-state index contributed by atoms with van der Waals surface area (Å²) in [5.41, 5.74) is 1.50. The molecule has 0 bridgehead atoms. The van der Waals surface area contributed by atoms with Crippen molar-refractivity contribution in [1.82, 2.24) is 5.32 Å². The van der Waals surface area contributed by atoms with E-state index in [1.54, 1.807) is 42.5 Å². The average molecular weight is 465 g/mol. The van der Waals surface area contributed by atoms with Crippen molar-refractivity contribution in [2.75, 3.05) is 19.0 Å². The summed E-state index contributed by atoms with van der Waals surface area (Å²) in [4.78, 5) is 23.8. The second-order valence-electron chi connectivity index (χ2n) is 6.33. The van der Waals surface area contributed by atoms with Crippen LogP contribution in [0.15, 0.2) is 46.9 Å². The molecule has 2 N–H and O–H groups in total. The lowest BCUT2D eigenvalue weighted by Crippen LogP contribution is -2.34. The molecule has 1 amide bonds. The molecule has 0 saturated carbocycles.